The van der Waals surface area contributed by atoms with Crippen molar-refractivity contribution in [3.05, 3.63) is 0 Å². The highest BCUT2D eigenvalue weighted by molar-refractivity contribution is 5.76. The Morgan fingerprint density at radius 1 is 1.46 bits per heavy atom. The van der Waals surface area contributed by atoms with Crippen LogP contribution < -0.4 is 0 Å². The maximum atomic E-state index is 11.7. The molecule has 76 valence electrons. The normalized spacial score (nSPS) is 22.7. The predicted octanol–water partition coefficient (Wildman–Crippen LogP) is 2.91. The van der Waals surface area contributed by atoms with Gasteiger partial charge in [-0.1, -0.05) is 19.8 Å². The SMILES string of the molecule is CCC(C)OC(=O)C1(C)CCCC1. The zero-order valence-electron chi connectivity index (χ0n) is 8.93. The van der Waals surface area contributed by atoms with Crippen LogP contribution in [0.4, 0.5) is 0 Å². The van der Waals surface area contributed by atoms with Crippen molar-refractivity contribution in [2.45, 2.75) is 59.0 Å². The summed E-state index contributed by atoms with van der Waals surface area (Å²) in [6.45, 7) is 6.02. The number of carbonyl (C=O) groups is 1. The van der Waals surface area contributed by atoms with Crippen LogP contribution in [0.1, 0.15) is 52.9 Å². The van der Waals surface area contributed by atoms with Gasteiger partial charge in [-0.15, -0.1) is 0 Å². The molecule has 1 rings (SSSR count). The van der Waals surface area contributed by atoms with Crippen LogP contribution in [0.15, 0.2) is 0 Å². The second-order valence-electron chi connectivity index (χ2n) is 4.39. The lowest BCUT2D eigenvalue weighted by Crippen LogP contribution is -2.29. The minimum Gasteiger partial charge on any atom is -0.462 e. The van der Waals surface area contributed by atoms with E-state index < -0.39 is 0 Å². The third kappa shape index (κ3) is 2.45. The van der Waals surface area contributed by atoms with Crippen molar-refractivity contribution < 1.29 is 9.53 Å². The van der Waals surface area contributed by atoms with Gasteiger partial charge in [-0.3, -0.25) is 4.79 Å². The summed E-state index contributed by atoms with van der Waals surface area (Å²) in [4.78, 5) is 11.7. The van der Waals surface area contributed by atoms with E-state index >= 15 is 0 Å². The quantitative estimate of drug-likeness (QED) is 0.630. The molecule has 0 N–H and O–H groups in total. The Kier molecular flexibility index (Phi) is 3.34. The van der Waals surface area contributed by atoms with Crippen molar-refractivity contribution in [2.24, 2.45) is 5.41 Å². The molecule has 2 nitrogen and oxygen atoms in total. The molecule has 1 aliphatic carbocycles. The average molecular weight is 184 g/mol. The van der Waals surface area contributed by atoms with Gasteiger partial charge in [-0.05, 0) is 33.1 Å². The van der Waals surface area contributed by atoms with Crippen molar-refractivity contribution >= 4 is 5.97 Å². The van der Waals surface area contributed by atoms with Gasteiger partial charge in [0, 0.05) is 0 Å². The minimum atomic E-state index is -0.177. The molecule has 0 saturated heterocycles. The van der Waals surface area contributed by atoms with Gasteiger partial charge in [0.2, 0.25) is 0 Å². The summed E-state index contributed by atoms with van der Waals surface area (Å²) in [7, 11) is 0. The van der Waals surface area contributed by atoms with Crippen LogP contribution >= 0.6 is 0 Å². The molecule has 0 aromatic rings. The molecule has 1 saturated carbocycles. The van der Waals surface area contributed by atoms with Gasteiger partial charge >= 0.3 is 5.97 Å². The van der Waals surface area contributed by atoms with Gasteiger partial charge in [0.25, 0.3) is 0 Å². The lowest BCUT2D eigenvalue weighted by molar-refractivity contribution is -0.159. The van der Waals surface area contributed by atoms with Gasteiger partial charge in [0.05, 0.1) is 11.5 Å². The molecule has 0 bridgehead atoms. The highest BCUT2D eigenvalue weighted by Crippen LogP contribution is 2.38. The molecule has 0 heterocycles. The summed E-state index contributed by atoms with van der Waals surface area (Å²) in [5.74, 6) is 0.0133. The first-order valence-corrected chi connectivity index (χ1v) is 5.29. The highest BCUT2D eigenvalue weighted by Gasteiger charge is 2.38. The van der Waals surface area contributed by atoms with Crippen LogP contribution in [0, 0.1) is 5.41 Å². The van der Waals surface area contributed by atoms with Crippen molar-refractivity contribution in [2.75, 3.05) is 0 Å². The molecule has 1 fully saturated rings. The molecule has 0 radical (unpaired) electrons. The highest BCUT2D eigenvalue weighted by atomic mass is 16.5. The van der Waals surface area contributed by atoms with Crippen molar-refractivity contribution in [3.63, 3.8) is 0 Å². The number of hydrogen-bond donors (Lipinski definition) is 0. The van der Waals surface area contributed by atoms with Crippen molar-refractivity contribution in [1.29, 1.82) is 0 Å². The molecule has 0 aromatic carbocycles. The summed E-state index contributed by atoms with van der Waals surface area (Å²) in [5, 5.41) is 0. The fraction of sp³-hybridized carbons (Fsp3) is 0.909. The Hall–Kier alpha value is -0.530. The first-order chi connectivity index (χ1) is 6.08. The standard InChI is InChI=1S/C11H20O2/c1-4-9(2)13-10(12)11(3)7-5-6-8-11/h9H,4-8H2,1-3H3. The van der Waals surface area contributed by atoms with Crippen LogP contribution in [0.3, 0.4) is 0 Å². The first kappa shape index (κ1) is 10.6. The maximum absolute atomic E-state index is 11.7. The number of rotatable bonds is 3. The van der Waals surface area contributed by atoms with E-state index in [0.717, 1.165) is 19.3 Å². The van der Waals surface area contributed by atoms with Crippen LogP contribution in [-0.4, -0.2) is 12.1 Å². The molecule has 0 amide bonds. The zero-order valence-corrected chi connectivity index (χ0v) is 8.93. The largest absolute Gasteiger partial charge is 0.462 e. The predicted molar refractivity (Wildman–Crippen MR) is 52.4 cm³/mol. The van der Waals surface area contributed by atoms with E-state index in [1.54, 1.807) is 0 Å². The number of esters is 1. The molecule has 1 aliphatic rings. The van der Waals surface area contributed by atoms with Crippen LogP contribution in [0.2, 0.25) is 0 Å². The molecule has 0 aliphatic heterocycles. The Morgan fingerprint density at radius 2 is 2.00 bits per heavy atom. The number of ether oxygens (including phenoxy) is 1. The third-order valence-corrected chi connectivity index (χ3v) is 3.08. The molecule has 2 heteroatoms. The molecule has 0 aromatic heterocycles. The van der Waals surface area contributed by atoms with Crippen LogP contribution in [0.25, 0.3) is 0 Å². The second kappa shape index (κ2) is 4.12. The topological polar surface area (TPSA) is 26.3 Å². The van der Waals surface area contributed by atoms with E-state index in [9.17, 15) is 4.79 Å². The van der Waals surface area contributed by atoms with E-state index in [0.29, 0.717) is 0 Å². The summed E-state index contributed by atoms with van der Waals surface area (Å²) in [6, 6.07) is 0. The number of hydrogen-bond acceptors (Lipinski definition) is 2. The van der Waals surface area contributed by atoms with Crippen molar-refractivity contribution in [1.82, 2.24) is 0 Å². The fourth-order valence-electron chi connectivity index (χ4n) is 1.77. The van der Waals surface area contributed by atoms with E-state index in [1.807, 2.05) is 20.8 Å². The Labute approximate surface area is 80.7 Å². The lowest BCUT2D eigenvalue weighted by Gasteiger charge is -2.23. The lowest BCUT2D eigenvalue weighted by atomic mass is 9.89. The third-order valence-electron chi connectivity index (χ3n) is 3.08. The molecule has 0 spiro atoms. The van der Waals surface area contributed by atoms with Crippen molar-refractivity contribution in [3.8, 4) is 0 Å². The van der Waals surface area contributed by atoms with Crippen LogP contribution in [-0.2, 0) is 9.53 Å². The zero-order chi connectivity index (χ0) is 9.90. The summed E-state index contributed by atoms with van der Waals surface area (Å²) in [5.41, 5.74) is -0.177. The summed E-state index contributed by atoms with van der Waals surface area (Å²) >= 11 is 0. The monoisotopic (exact) mass is 184 g/mol. The molecule has 1 unspecified atom stereocenters. The second-order valence-corrected chi connectivity index (χ2v) is 4.39. The molecular formula is C11H20O2. The average Bonchev–Trinajstić information content (AvgIpc) is 2.53. The fourth-order valence-corrected chi connectivity index (χ4v) is 1.77. The molecule has 13 heavy (non-hydrogen) atoms. The minimum absolute atomic E-state index is 0.0133. The van der Waals surface area contributed by atoms with Crippen LogP contribution in [0.5, 0.6) is 0 Å². The first-order valence-electron chi connectivity index (χ1n) is 5.29. The molecular weight excluding hydrogens is 164 g/mol. The van der Waals surface area contributed by atoms with E-state index in [1.165, 1.54) is 12.8 Å². The van der Waals surface area contributed by atoms with E-state index in [-0.39, 0.29) is 17.5 Å². The van der Waals surface area contributed by atoms with Gasteiger partial charge in [-0.2, -0.15) is 0 Å². The van der Waals surface area contributed by atoms with Gasteiger partial charge in [0.1, 0.15) is 0 Å². The summed E-state index contributed by atoms with van der Waals surface area (Å²) in [6.07, 6.45) is 5.33. The van der Waals surface area contributed by atoms with Gasteiger partial charge in [0.15, 0.2) is 0 Å². The maximum Gasteiger partial charge on any atom is 0.312 e. The van der Waals surface area contributed by atoms with Gasteiger partial charge in [-0.25, -0.2) is 0 Å². The Balaban J connectivity index is 2.46. The molecule has 1 atom stereocenters. The Bertz CT molecular complexity index is 181. The van der Waals surface area contributed by atoms with E-state index in [4.69, 9.17) is 4.74 Å². The van der Waals surface area contributed by atoms with E-state index in [2.05, 4.69) is 0 Å². The Morgan fingerprint density at radius 3 is 2.46 bits per heavy atom. The van der Waals surface area contributed by atoms with Gasteiger partial charge < -0.3 is 4.74 Å². The smallest absolute Gasteiger partial charge is 0.312 e. The number of carbonyl (C=O) groups excluding carboxylic acids is 1. The summed E-state index contributed by atoms with van der Waals surface area (Å²) < 4.78 is 5.35.